The normalized spacial score (nSPS) is 31.8. The van der Waals surface area contributed by atoms with E-state index in [4.69, 9.17) is 0 Å². The first-order chi connectivity index (χ1) is 8.65. The van der Waals surface area contributed by atoms with Crippen LogP contribution in [0.15, 0.2) is 15.9 Å². The van der Waals surface area contributed by atoms with Gasteiger partial charge in [0.25, 0.3) is 0 Å². The summed E-state index contributed by atoms with van der Waals surface area (Å²) in [5.74, 6) is 0.199. The second kappa shape index (κ2) is 5.04. The molecule has 0 aromatic carbocycles. The number of carbonyl (C=O) groups is 1. The first-order valence-corrected chi connectivity index (χ1v) is 8.02. The molecule has 2 unspecified atom stereocenters. The Kier molecular flexibility index (Phi) is 3.58. The molecule has 2 atom stereocenters. The van der Waals surface area contributed by atoms with Gasteiger partial charge in [-0.05, 0) is 53.1 Å². The lowest BCUT2D eigenvalue weighted by molar-refractivity contribution is 0.0345. The lowest BCUT2D eigenvalue weighted by Gasteiger charge is -2.36. The monoisotopic (exact) mass is 329 g/mol. The van der Waals surface area contributed by atoms with Gasteiger partial charge in [0.05, 0.1) is 17.5 Å². The summed E-state index contributed by atoms with van der Waals surface area (Å²) in [4.78, 5) is 15.4. The molecule has 18 heavy (non-hydrogen) atoms. The smallest absolute Gasteiger partial charge is 0.187 e. The highest BCUT2D eigenvalue weighted by molar-refractivity contribution is 9.10. The molecule has 2 aliphatic heterocycles. The van der Waals surface area contributed by atoms with Crippen molar-refractivity contribution in [3.8, 4) is 0 Å². The number of halogens is 1. The maximum absolute atomic E-state index is 12.3. The van der Waals surface area contributed by atoms with Crippen LogP contribution < -0.4 is 0 Å². The molecule has 3 heterocycles. The van der Waals surface area contributed by atoms with E-state index in [1.807, 2.05) is 11.4 Å². The standard InChI is InChI=1S/C13H16BrNO2S/c14-11-3-4-18-13(11)12(17)7-15-8-1-2-9(15)6-10(16)5-8/h3-4,8-10,16H,1-2,5-7H2. The van der Waals surface area contributed by atoms with E-state index in [1.165, 1.54) is 11.3 Å². The zero-order valence-electron chi connectivity index (χ0n) is 10.0. The van der Waals surface area contributed by atoms with Crippen LogP contribution in [-0.4, -0.2) is 40.5 Å². The first kappa shape index (κ1) is 12.8. The third kappa shape index (κ3) is 2.29. The lowest BCUT2D eigenvalue weighted by atomic mass is 9.99. The second-order valence-corrected chi connectivity index (χ2v) is 6.97. The summed E-state index contributed by atoms with van der Waals surface area (Å²) in [6.07, 6.45) is 3.74. The Morgan fingerprint density at radius 1 is 1.44 bits per heavy atom. The molecule has 0 amide bonds. The molecule has 2 fully saturated rings. The topological polar surface area (TPSA) is 40.5 Å². The molecule has 0 aliphatic carbocycles. The minimum atomic E-state index is -0.165. The molecule has 1 N–H and O–H groups in total. The van der Waals surface area contributed by atoms with Crippen LogP contribution in [-0.2, 0) is 0 Å². The number of thiophene rings is 1. The van der Waals surface area contributed by atoms with Crippen LogP contribution >= 0.6 is 27.3 Å². The third-order valence-electron chi connectivity index (χ3n) is 4.06. The van der Waals surface area contributed by atoms with Crippen molar-refractivity contribution in [2.45, 2.75) is 43.9 Å². The number of aliphatic hydroxyl groups excluding tert-OH is 1. The van der Waals surface area contributed by atoms with Crippen molar-refractivity contribution in [1.29, 1.82) is 0 Å². The van der Waals surface area contributed by atoms with Gasteiger partial charge >= 0.3 is 0 Å². The summed E-state index contributed by atoms with van der Waals surface area (Å²) in [6.45, 7) is 0.501. The van der Waals surface area contributed by atoms with Gasteiger partial charge in [-0.1, -0.05) is 0 Å². The predicted molar refractivity (Wildman–Crippen MR) is 75.1 cm³/mol. The summed E-state index contributed by atoms with van der Waals surface area (Å²) in [5, 5.41) is 11.7. The Hall–Kier alpha value is -0.230. The van der Waals surface area contributed by atoms with E-state index in [-0.39, 0.29) is 11.9 Å². The van der Waals surface area contributed by atoms with Gasteiger partial charge in [0.1, 0.15) is 0 Å². The number of nitrogens with zero attached hydrogens (tertiary/aromatic N) is 1. The SMILES string of the molecule is O=C(CN1C2CCC1CC(O)C2)c1sccc1Br. The molecule has 98 valence electrons. The van der Waals surface area contributed by atoms with E-state index in [0.717, 1.165) is 35.0 Å². The molecule has 0 radical (unpaired) electrons. The average Bonchev–Trinajstić information content (AvgIpc) is 2.83. The number of ketones is 1. The molecule has 0 saturated carbocycles. The zero-order valence-corrected chi connectivity index (χ0v) is 12.4. The summed E-state index contributed by atoms with van der Waals surface area (Å²) in [5.41, 5.74) is 0. The maximum atomic E-state index is 12.3. The number of rotatable bonds is 3. The highest BCUT2D eigenvalue weighted by atomic mass is 79.9. The Labute approximate surface area is 119 Å². The largest absolute Gasteiger partial charge is 0.393 e. The van der Waals surface area contributed by atoms with E-state index in [9.17, 15) is 9.90 Å². The fourth-order valence-electron chi connectivity index (χ4n) is 3.23. The molecule has 2 bridgehead atoms. The molecular weight excluding hydrogens is 314 g/mol. The number of carbonyl (C=O) groups excluding carboxylic acids is 1. The van der Waals surface area contributed by atoms with Crippen molar-refractivity contribution in [3.63, 3.8) is 0 Å². The molecule has 3 nitrogen and oxygen atoms in total. The van der Waals surface area contributed by atoms with Crippen LogP contribution in [0.2, 0.25) is 0 Å². The predicted octanol–water partition coefficient (Wildman–Crippen LogP) is 2.68. The van der Waals surface area contributed by atoms with E-state index in [2.05, 4.69) is 20.8 Å². The highest BCUT2D eigenvalue weighted by Gasteiger charge is 2.40. The van der Waals surface area contributed by atoms with Crippen molar-refractivity contribution < 1.29 is 9.90 Å². The number of hydrogen-bond acceptors (Lipinski definition) is 4. The fourth-order valence-corrected chi connectivity index (χ4v) is 4.76. The van der Waals surface area contributed by atoms with Gasteiger partial charge in [0, 0.05) is 16.6 Å². The van der Waals surface area contributed by atoms with Crippen LogP contribution in [0, 0.1) is 0 Å². The molecule has 5 heteroatoms. The van der Waals surface area contributed by atoms with Gasteiger partial charge in [-0.15, -0.1) is 11.3 Å². The zero-order chi connectivity index (χ0) is 12.7. The van der Waals surface area contributed by atoms with Crippen LogP contribution in [0.3, 0.4) is 0 Å². The number of aliphatic hydroxyl groups is 1. The summed E-state index contributed by atoms with van der Waals surface area (Å²) in [6, 6.07) is 2.73. The van der Waals surface area contributed by atoms with Crippen molar-refractivity contribution in [3.05, 3.63) is 20.8 Å². The van der Waals surface area contributed by atoms with E-state index >= 15 is 0 Å². The molecular formula is C13H16BrNO2S. The van der Waals surface area contributed by atoms with Gasteiger partial charge < -0.3 is 5.11 Å². The Morgan fingerprint density at radius 2 is 2.11 bits per heavy atom. The minimum Gasteiger partial charge on any atom is -0.393 e. The van der Waals surface area contributed by atoms with Crippen LogP contribution in [0.4, 0.5) is 0 Å². The van der Waals surface area contributed by atoms with E-state index < -0.39 is 0 Å². The van der Waals surface area contributed by atoms with Crippen LogP contribution in [0.1, 0.15) is 35.4 Å². The average molecular weight is 330 g/mol. The van der Waals surface area contributed by atoms with Crippen molar-refractivity contribution >= 4 is 33.0 Å². The van der Waals surface area contributed by atoms with E-state index in [0.29, 0.717) is 18.6 Å². The third-order valence-corrected chi connectivity index (χ3v) is 5.93. The van der Waals surface area contributed by atoms with Gasteiger partial charge in [0.15, 0.2) is 5.78 Å². The minimum absolute atomic E-state index is 0.165. The van der Waals surface area contributed by atoms with Gasteiger partial charge in [-0.3, -0.25) is 9.69 Å². The number of piperidine rings is 1. The molecule has 2 aliphatic rings. The molecule has 2 saturated heterocycles. The van der Waals surface area contributed by atoms with Crippen LogP contribution in [0.25, 0.3) is 0 Å². The Bertz CT molecular complexity index is 448. The molecule has 0 spiro atoms. The van der Waals surface area contributed by atoms with Crippen molar-refractivity contribution in [2.75, 3.05) is 6.54 Å². The van der Waals surface area contributed by atoms with Crippen LogP contribution in [0.5, 0.6) is 0 Å². The summed E-state index contributed by atoms with van der Waals surface area (Å²) >= 11 is 4.92. The Morgan fingerprint density at radius 3 is 2.67 bits per heavy atom. The molecule has 1 aromatic heterocycles. The number of Topliss-reactive ketones (excluding diaryl/α,β-unsaturated/α-hetero) is 1. The summed E-state index contributed by atoms with van der Waals surface area (Å²) < 4.78 is 0.905. The maximum Gasteiger partial charge on any atom is 0.187 e. The number of fused-ring (bicyclic) bond motifs is 2. The highest BCUT2D eigenvalue weighted by Crippen LogP contribution is 2.36. The van der Waals surface area contributed by atoms with Gasteiger partial charge in [-0.25, -0.2) is 0 Å². The first-order valence-electron chi connectivity index (χ1n) is 6.35. The van der Waals surface area contributed by atoms with Crippen molar-refractivity contribution in [2.24, 2.45) is 0 Å². The van der Waals surface area contributed by atoms with Gasteiger partial charge in [-0.2, -0.15) is 0 Å². The van der Waals surface area contributed by atoms with E-state index in [1.54, 1.807) is 0 Å². The lowest BCUT2D eigenvalue weighted by Crippen LogP contribution is -2.46. The van der Waals surface area contributed by atoms with Crippen molar-refractivity contribution in [1.82, 2.24) is 4.90 Å². The fraction of sp³-hybridized carbons (Fsp3) is 0.615. The Balaban J connectivity index is 1.71. The molecule has 1 aromatic rings. The summed E-state index contributed by atoms with van der Waals surface area (Å²) in [7, 11) is 0. The second-order valence-electron chi connectivity index (χ2n) is 5.20. The quantitative estimate of drug-likeness (QED) is 0.867. The molecule has 3 rings (SSSR count). The van der Waals surface area contributed by atoms with Gasteiger partial charge in [0.2, 0.25) is 0 Å². The number of hydrogen-bond donors (Lipinski definition) is 1.